The van der Waals surface area contributed by atoms with E-state index >= 15 is 0 Å². The SMILES string of the molecule is COc1c(F)ccc([C@H]2CNC(=O)[C@@H]2C(=O)Nc2ccccc2S(C)(=O)=O)c1Cl. The topological polar surface area (TPSA) is 102 Å². The number of halogens is 2. The van der Waals surface area contributed by atoms with Gasteiger partial charge < -0.3 is 15.4 Å². The maximum Gasteiger partial charge on any atom is 0.237 e. The summed E-state index contributed by atoms with van der Waals surface area (Å²) in [5.41, 5.74) is 0.445. The Bertz CT molecular complexity index is 1090. The van der Waals surface area contributed by atoms with Crippen LogP contribution < -0.4 is 15.4 Å². The van der Waals surface area contributed by atoms with Gasteiger partial charge in [0.2, 0.25) is 11.8 Å². The number of anilines is 1. The molecule has 2 atom stereocenters. The molecule has 1 aliphatic heterocycles. The average Bonchev–Trinajstić information content (AvgIpc) is 3.03. The zero-order chi connectivity index (χ0) is 21.3. The van der Waals surface area contributed by atoms with Gasteiger partial charge >= 0.3 is 0 Å². The molecule has 0 bridgehead atoms. The van der Waals surface area contributed by atoms with Crippen LogP contribution in [0.5, 0.6) is 5.75 Å². The molecule has 2 amide bonds. The van der Waals surface area contributed by atoms with Crippen LogP contribution in [0, 0.1) is 11.7 Å². The lowest BCUT2D eigenvalue weighted by Gasteiger charge is -2.20. The van der Waals surface area contributed by atoms with Crippen molar-refractivity contribution in [1.82, 2.24) is 5.32 Å². The molecule has 2 aromatic rings. The van der Waals surface area contributed by atoms with Crippen LogP contribution in [0.2, 0.25) is 5.02 Å². The van der Waals surface area contributed by atoms with E-state index < -0.39 is 39.3 Å². The van der Waals surface area contributed by atoms with E-state index in [-0.39, 0.29) is 27.9 Å². The predicted molar refractivity (Wildman–Crippen MR) is 105 cm³/mol. The van der Waals surface area contributed by atoms with Gasteiger partial charge in [0, 0.05) is 18.7 Å². The molecule has 2 aromatic carbocycles. The zero-order valence-electron chi connectivity index (χ0n) is 15.5. The largest absolute Gasteiger partial charge is 0.492 e. The summed E-state index contributed by atoms with van der Waals surface area (Å²) in [5.74, 6) is -3.94. The van der Waals surface area contributed by atoms with Crippen molar-refractivity contribution in [2.45, 2.75) is 10.8 Å². The number of hydrogen-bond acceptors (Lipinski definition) is 5. The number of carbonyl (C=O) groups is 2. The molecule has 154 valence electrons. The van der Waals surface area contributed by atoms with E-state index in [1.54, 1.807) is 6.07 Å². The minimum Gasteiger partial charge on any atom is -0.492 e. The summed E-state index contributed by atoms with van der Waals surface area (Å²) in [6.07, 6.45) is 1.02. The van der Waals surface area contributed by atoms with Crippen molar-refractivity contribution >= 4 is 38.9 Å². The Morgan fingerprint density at radius 3 is 2.62 bits per heavy atom. The van der Waals surface area contributed by atoms with Gasteiger partial charge in [-0.25, -0.2) is 12.8 Å². The number of rotatable bonds is 5. The fraction of sp³-hybridized carbons (Fsp3) is 0.263. The highest BCUT2D eigenvalue weighted by Crippen LogP contribution is 2.40. The molecule has 1 saturated heterocycles. The second-order valence-electron chi connectivity index (χ2n) is 6.57. The molecule has 0 radical (unpaired) electrons. The number of para-hydroxylation sites is 1. The molecule has 0 aromatic heterocycles. The first kappa shape index (κ1) is 21.1. The molecule has 1 fully saturated rings. The molecule has 0 unspecified atom stereocenters. The minimum absolute atomic E-state index is 0.0247. The van der Waals surface area contributed by atoms with Crippen LogP contribution in [0.3, 0.4) is 0 Å². The lowest BCUT2D eigenvalue weighted by atomic mass is 9.87. The van der Waals surface area contributed by atoms with Gasteiger partial charge in [0.15, 0.2) is 21.4 Å². The van der Waals surface area contributed by atoms with Crippen molar-refractivity contribution in [1.29, 1.82) is 0 Å². The Hall–Kier alpha value is -2.65. The fourth-order valence-corrected chi connectivity index (χ4v) is 4.55. The summed E-state index contributed by atoms with van der Waals surface area (Å²) in [6.45, 7) is 0.110. The molecule has 1 heterocycles. The van der Waals surface area contributed by atoms with E-state index in [0.29, 0.717) is 5.56 Å². The van der Waals surface area contributed by atoms with E-state index in [0.717, 1.165) is 12.3 Å². The highest BCUT2D eigenvalue weighted by atomic mass is 35.5. The molecule has 7 nitrogen and oxygen atoms in total. The number of nitrogens with one attached hydrogen (secondary N) is 2. The van der Waals surface area contributed by atoms with Crippen LogP contribution in [0.15, 0.2) is 41.3 Å². The smallest absolute Gasteiger partial charge is 0.237 e. The second kappa shape index (κ2) is 8.00. The molecule has 0 aliphatic carbocycles. The first-order chi connectivity index (χ1) is 13.6. The summed E-state index contributed by atoms with van der Waals surface area (Å²) < 4.78 is 42.7. The standard InChI is InChI=1S/C19H18ClFN2O5S/c1-28-17-12(21)8-7-10(16(17)20)11-9-22-18(24)15(11)19(25)23-13-5-3-4-6-14(13)29(2,26)27/h3-8,11,15H,9H2,1-2H3,(H,22,24)(H,23,25)/t11-,15-/m1/s1. The Morgan fingerprint density at radius 1 is 1.28 bits per heavy atom. The van der Waals surface area contributed by atoms with Gasteiger partial charge in [-0.1, -0.05) is 29.8 Å². The number of hydrogen-bond donors (Lipinski definition) is 2. The van der Waals surface area contributed by atoms with Gasteiger partial charge in [0.1, 0.15) is 5.92 Å². The molecular formula is C19H18ClFN2O5S. The Morgan fingerprint density at radius 2 is 1.97 bits per heavy atom. The van der Waals surface area contributed by atoms with Crippen molar-refractivity contribution in [3.63, 3.8) is 0 Å². The van der Waals surface area contributed by atoms with Gasteiger partial charge in [-0.15, -0.1) is 0 Å². The summed E-state index contributed by atoms with van der Waals surface area (Å²) in [6, 6.07) is 8.44. The highest BCUT2D eigenvalue weighted by molar-refractivity contribution is 7.90. The molecule has 2 N–H and O–H groups in total. The average molecular weight is 441 g/mol. The number of carbonyl (C=O) groups excluding carboxylic acids is 2. The summed E-state index contributed by atoms with van der Waals surface area (Å²) in [4.78, 5) is 25.2. The number of sulfone groups is 1. The summed E-state index contributed by atoms with van der Waals surface area (Å²) in [5, 5.41) is 5.09. The molecule has 29 heavy (non-hydrogen) atoms. The molecule has 10 heteroatoms. The number of methoxy groups -OCH3 is 1. The maximum absolute atomic E-state index is 13.9. The van der Waals surface area contributed by atoms with Gasteiger partial charge in [0.25, 0.3) is 0 Å². The third kappa shape index (κ3) is 4.06. The second-order valence-corrected chi connectivity index (χ2v) is 8.93. The third-order valence-corrected chi connectivity index (χ3v) is 6.24. The van der Waals surface area contributed by atoms with Crippen molar-refractivity contribution in [2.75, 3.05) is 25.2 Å². The molecule has 0 saturated carbocycles. The van der Waals surface area contributed by atoms with Crippen LogP contribution in [0.25, 0.3) is 0 Å². The quantitative estimate of drug-likeness (QED) is 0.695. The maximum atomic E-state index is 13.9. The van der Waals surface area contributed by atoms with E-state index in [1.807, 2.05) is 0 Å². The number of ether oxygens (including phenoxy) is 1. The van der Waals surface area contributed by atoms with Crippen LogP contribution in [0.4, 0.5) is 10.1 Å². The van der Waals surface area contributed by atoms with E-state index in [4.69, 9.17) is 16.3 Å². The Balaban J connectivity index is 1.96. The molecule has 0 spiro atoms. The van der Waals surface area contributed by atoms with E-state index in [9.17, 15) is 22.4 Å². The van der Waals surface area contributed by atoms with Crippen LogP contribution >= 0.6 is 11.6 Å². The lowest BCUT2D eigenvalue weighted by Crippen LogP contribution is -2.32. The molecule has 3 rings (SSSR count). The number of benzene rings is 2. The summed E-state index contributed by atoms with van der Waals surface area (Å²) in [7, 11) is -2.33. The van der Waals surface area contributed by atoms with Gasteiger partial charge in [-0.2, -0.15) is 0 Å². The van der Waals surface area contributed by atoms with Crippen molar-refractivity contribution in [3.8, 4) is 5.75 Å². The van der Waals surface area contributed by atoms with Crippen molar-refractivity contribution in [3.05, 3.63) is 52.8 Å². The minimum atomic E-state index is -3.60. The molecular weight excluding hydrogens is 423 g/mol. The molecule has 1 aliphatic rings. The van der Waals surface area contributed by atoms with Crippen LogP contribution in [0.1, 0.15) is 11.5 Å². The van der Waals surface area contributed by atoms with Crippen molar-refractivity contribution < 1.29 is 27.1 Å². The highest BCUT2D eigenvalue weighted by Gasteiger charge is 2.42. The Kier molecular flexibility index (Phi) is 5.81. The van der Waals surface area contributed by atoms with Crippen LogP contribution in [-0.2, 0) is 19.4 Å². The first-order valence-electron chi connectivity index (χ1n) is 8.54. The van der Waals surface area contributed by atoms with Crippen molar-refractivity contribution in [2.24, 2.45) is 5.92 Å². The van der Waals surface area contributed by atoms with Gasteiger partial charge in [-0.05, 0) is 23.8 Å². The van der Waals surface area contributed by atoms with Gasteiger partial charge in [0.05, 0.1) is 22.7 Å². The lowest BCUT2D eigenvalue weighted by molar-refractivity contribution is -0.130. The predicted octanol–water partition coefficient (Wildman–Crippen LogP) is 2.36. The summed E-state index contributed by atoms with van der Waals surface area (Å²) >= 11 is 6.24. The Labute approximate surface area is 172 Å². The van der Waals surface area contributed by atoms with Gasteiger partial charge in [-0.3, -0.25) is 9.59 Å². The zero-order valence-corrected chi connectivity index (χ0v) is 17.1. The fourth-order valence-electron chi connectivity index (χ4n) is 3.34. The van der Waals surface area contributed by atoms with Crippen LogP contribution in [-0.4, -0.2) is 40.1 Å². The normalized spacial score (nSPS) is 19.0. The number of amides is 2. The third-order valence-electron chi connectivity index (χ3n) is 4.69. The first-order valence-corrected chi connectivity index (χ1v) is 10.8. The monoisotopic (exact) mass is 440 g/mol. The van der Waals surface area contributed by atoms with E-state index in [2.05, 4.69) is 10.6 Å². The van der Waals surface area contributed by atoms with E-state index in [1.165, 1.54) is 31.4 Å².